The van der Waals surface area contributed by atoms with Crippen LogP contribution in [0.2, 0.25) is 0 Å². The van der Waals surface area contributed by atoms with Gasteiger partial charge in [-0.3, -0.25) is 4.99 Å². The van der Waals surface area contributed by atoms with Gasteiger partial charge in [0.15, 0.2) is 5.96 Å². The number of rotatable bonds is 4. The van der Waals surface area contributed by atoms with Gasteiger partial charge < -0.3 is 15.7 Å². The summed E-state index contributed by atoms with van der Waals surface area (Å²) in [5.74, 6) is 2.85. The summed E-state index contributed by atoms with van der Waals surface area (Å²) in [5, 5.41) is 16.9. The Morgan fingerprint density at radius 3 is 2.41 bits per heavy atom. The lowest BCUT2D eigenvalue weighted by Crippen LogP contribution is -2.46. The molecule has 3 saturated carbocycles. The van der Waals surface area contributed by atoms with Crippen molar-refractivity contribution >= 4 is 5.96 Å². The van der Waals surface area contributed by atoms with Gasteiger partial charge in [0, 0.05) is 18.6 Å². The SMILES string of the molecule is CCN=C(NC1CCC(O)CC1)NC1CC1C1CCCCC1. The van der Waals surface area contributed by atoms with E-state index >= 15 is 0 Å². The number of nitrogens with zero attached hydrogens (tertiary/aromatic N) is 1. The highest BCUT2D eigenvalue weighted by Gasteiger charge is 2.43. The summed E-state index contributed by atoms with van der Waals surface area (Å²) in [5.41, 5.74) is 0. The molecule has 3 aliphatic carbocycles. The molecule has 3 rings (SSSR count). The maximum atomic E-state index is 9.63. The molecule has 4 heteroatoms. The first kappa shape index (κ1) is 16.1. The number of aliphatic hydroxyl groups is 1. The summed E-state index contributed by atoms with van der Waals surface area (Å²) in [7, 11) is 0. The first-order valence-corrected chi connectivity index (χ1v) is 9.52. The van der Waals surface area contributed by atoms with Crippen LogP contribution in [0.5, 0.6) is 0 Å². The Hall–Kier alpha value is -0.770. The van der Waals surface area contributed by atoms with E-state index in [0.717, 1.165) is 50.0 Å². The van der Waals surface area contributed by atoms with Crippen LogP contribution >= 0.6 is 0 Å². The van der Waals surface area contributed by atoms with Gasteiger partial charge in [0.2, 0.25) is 0 Å². The van der Waals surface area contributed by atoms with Crippen LogP contribution in [0.3, 0.4) is 0 Å². The van der Waals surface area contributed by atoms with Crippen LogP contribution in [0.25, 0.3) is 0 Å². The van der Waals surface area contributed by atoms with Crippen molar-refractivity contribution in [1.82, 2.24) is 10.6 Å². The smallest absolute Gasteiger partial charge is 0.191 e. The summed E-state index contributed by atoms with van der Waals surface area (Å²) < 4.78 is 0. The Morgan fingerprint density at radius 2 is 1.73 bits per heavy atom. The van der Waals surface area contributed by atoms with Crippen LogP contribution in [0, 0.1) is 11.8 Å². The van der Waals surface area contributed by atoms with E-state index in [-0.39, 0.29) is 6.10 Å². The maximum Gasteiger partial charge on any atom is 0.191 e. The van der Waals surface area contributed by atoms with Crippen LogP contribution in [0.1, 0.15) is 71.1 Å². The molecule has 0 amide bonds. The van der Waals surface area contributed by atoms with Gasteiger partial charge in [0.25, 0.3) is 0 Å². The van der Waals surface area contributed by atoms with Crippen molar-refractivity contribution in [3.63, 3.8) is 0 Å². The molecule has 3 N–H and O–H groups in total. The fourth-order valence-electron chi connectivity index (χ4n) is 4.34. The lowest BCUT2D eigenvalue weighted by Gasteiger charge is -2.28. The maximum absolute atomic E-state index is 9.63. The van der Waals surface area contributed by atoms with Crippen LogP contribution in [-0.2, 0) is 0 Å². The normalized spacial score (nSPS) is 36.9. The largest absolute Gasteiger partial charge is 0.393 e. The minimum atomic E-state index is -0.0864. The number of aliphatic imine (C=N–C) groups is 1. The molecule has 0 spiro atoms. The Morgan fingerprint density at radius 1 is 1.00 bits per heavy atom. The minimum absolute atomic E-state index is 0.0864. The number of hydrogen-bond acceptors (Lipinski definition) is 2. The summed E-state index contributed by atoms with van der Waals surface area (Å²) >= 11 is 0. The molecular formula is C18H33N3O. The van der Waals surface area contributed by atoms with E-state index in [2.05, 4.69) is 22.5 Å². The summed E-state index contributed by atoms with van der Waals surface area (Å²) in [6.07, 6.45) is 12.4. The van der Waals surface area contributed by atoms with Crippen molar-refractivity contribution in [2.45, 2.75) is 89.3 Å². The van der Waals surface area contributed by atoms with Gasteiger partial charge in [-0.05, 0) is 50.9 Å². The van der Waals surface area contributed by atoms with E-state index in [1.807, 2.05) is 0 Å². The van der Waals surface area contributed by atoms with Crippen molar-refractivity contribution in [3.8, 4) is 0 Å². The molecule has 0 aromatic carbocycles. The standard InChI is InChI=1S/C18H33N3O/c1-2-19-18(20-14-8-10-15(22)11-9-14)21-17-12-16(17)13-6-4-3-5-7-13/h13-17,22H,2-12H2,1H3,(H2,19,20,21). The van der Waals surface area contributed by atoms with Crippen LogP contribution < -0.4 is 10.6 Å². The van der Waals surface area contributed by atoms with Crippen LogP contribution in [0.15, 0.2) is 4.99 Å². The van der Waals surface area contributed by atoms with E-state index in [1.54, 1.807) is 0 Å². The summed E-state index contributed by atoms with van der Waals surface area (Å²) in [4.78, 5) is 4.63. The molecule has 0 aromatic heterocycles. The Labute approximate surface area is 135 Å². The van der Waals surface area contributed by atoms with E-state index in [9.17, 15) is 5.11 Å². The molecule has 0 heterocycles. The molecule has 3 fully saturated rings. The average Bonchev–Trinajstić information content (AvgIpc) is 3.30. The molecule has 126 valence electrons. The molecule has 0 radical (unpaired) electrons. The van der Waals surface area contributed by atoms with Crippen molar-refractivity contribution in [3.05, 3.63) is 0 Å². The molecule has 4 nitrogen and oxygen atoms in total. The number of aliphatic hydroxyl groups excluding tert-OH is 1. The Balaban J connectivity index is 1.45. The highest BCUT2D eigenvalue weighted by molar-refractivity contribution is 5.80. The van der Waals surface area contributed by atoms with Crippen LogP contribution in [-0.4, -0.2) is 35.8 Å². The Bertz CT molecular complexity index is 371. The van der Waals surface area contributed by atoms with E-state index in [1.165, 1.54) is 38.5 Å². The molecule has 2 atom stereocenters. The molecule has 2 unspecified atom stereocenters. The predicted molar refractivity (Wildman–Crippen MR) is 91.0 cm³/mol. The highest BCUT2D eigenvalue weighted by Crippen LogP contribution is 2.44. The van der Waals surface area contributed by atoms with Crippen LogP contribution in [0.4, 0.5) is 0 Å². The summed E-state index contributed by atoms with van der Waals surface area (Å²) in [6.45, 7) is 2.92. The van der Waals surface area contributed by atoms with Crippen molar-refractivity contribution in [2.24, 2.45) is 16.8 Å². The van der Waals surface area contributed by atoms with Gasteiger partial charge in [0.1, 0.15) is 0 Å². The van der Waals surface area contributed by atoms with Gasteiger partial charge in [-0.15, -0.1) is 0 Å². The third-order valence-electron chi connectivity index (χ3n) is 5.77. The van der Waals surface area contributed by atoms with E-state index < -0.39 is 0 Å². The van der Waals surface area contributed by atoms with Gasteiger partial charge in [-0.2, -0.15) is 0 Å². The number of nitrogens with one attached hydrogen (secondary N) is 2. The lowest BCUT2D eigenvalue weighted by molar-refractivity contribution is 0.120. The fourth-order valence-corrected chi connectivity index (χ4v) is 4.34. The van der Waals surface area contributed by atoms with Gasteiger partial charge in [-0.25, -0.2) is 0 Å². The zero-order valence-corrected chi connectivity index (χ0v) is 14.1. The zero-order valence-electron chi connectivity index (χ0n) is 14.1. The Kier molecular flexibility index (Phi) is 5.61. The third-order valence-corrected chi connectivity index (χ3v) is 5.77. The molecule has 3 aliphatic rings. The fraction of sp³-hybridized carbons (Fsp3) is 0.944. The average molecular weight is 307 g/mol. The minimum Gasteiger partial charge on any atom is -0.393 e. The zero-order chi connectivity index (χ0) is 15.4. The monoisotopic (exact) mass is 307 g/mol. The third kappa shape index (κ3) is 4.37. The van der Waals surface area contributed by atoms with E-state index in [4.69, 9.17) is 0 Å². The lowest BCUT2D eigenvalue weighted by atomic mass is 9.85. The van der Waals surface area contributed by atoms with Crippen molar-refractivity contribution in [2.75, 3.05) is 6.54 Å². The second-order valence-electron chi connectivity index (χ2n) is 7.52. The molecule has 0 aromatic rings. The summed E-state index contributed by atoms with van der Waals surface area (Å²) in [6, 6.07) is 1.13. The first-order valence-electron chi connectivity index (χ1n) is 9.52. The van der Waals surface area contributed by atoms with Crippen molar-refractivity contribution < 1.29 is 5.11 Å². The highest BCUT2D eigenvalue weighted by atomic mass is 16.3. The van der Waals surface area contributed by atoms with Gasteiger partial charge in [-0.1, -0.05) is 32.1 Å². The molecule has 0 bridgehead atoms. The quantitative estimate of drug-likeness (QED) is 0.553. The predicted octanol–water partition coefficient (Wildman–Crippen LogP) is 2.81. The first-order chi connectivity index (χ1) is 10.8. The second-order valence-corrected chi connectivity index (χ2v) is 7.52. The second kappa shape index (κ2) is 7.67. The molecular weight excluding hydrogens is 274 g/mol. The van der Waals surface area contributed by atoms with Gasteiger partial charge >= 0.3 is 0 Å². The molecule has 0 saturated heterocycles. The van der Waals surface area contributed by atoms with Gasteiger partial charge in [0.05, 0.1) is 6.10 Å². The topological polar surface area (TPSA) is 56.7 Å². The number of guanidine groups is 1. The number of hydrogen-bond donors (Lipinski definition) is 3. The van der Waals surface area contributed by atoms with Crippen molar-refractivity contribution in [1.29, 1.82) is 0 Å². The van der Waals surface area contributed by atoms with E-state index in [0.29, 0.717) is 12.1 Å². The molecule has 0 aliphatic heterocycles. The molecule has 22 heavy (non-hydrogen) atoms.